The molecule has 16 heavy (non-hydrogen) atoms. The van der Waals surface area contributed by atoms with Crippen LogP contribution in [-0.2, 0) is 6.42 Å². The zero-order valence-electron chi connectivity index (χ0n) is 9.77. The summed E-state index contributed by atoms with van der Waals surface area (Å²) in [7, 11) is 3.23. The van der Waals surface area contributed by atoms with E-state index in [1.807, 2.05) is 18.2 Å². The smallest absolute Gasteiger partial charge is 0.122 e. The minimum absolute atomic E-state index is 0.0804. The van der Waals surface area contributed by atoms with Crippen molar-refractivity contribution < 1.29 is 14.6 Å². The lowest BCUT2D eigenvalue weighted by Gasteiger charge is -2.13. The van der Waals surface area contributed by atoms with Gasteiger partial charge in [0, 0.05) is 12.7 Å². The second-order valence-electron chi connectivity index (χ2n) is 3.71. The third-order valence-electron chi connectivity index (χ3n) is 2.53. The van der Waals surface area contributed by atoms with Crippen LogP contribution in [0.1, 0.15) is 5.56 Å². The van der Waals surface area contributed by atoms with Gasteiger partial charge in [-0.1, -0.05) is 0 Å². The topological polar surface area (TPSA) is 64.7 Å². The Morgan fingerprint density at radius 2 is 1.75 bits per heavy atom. The SMILES string of the molecule is COc1cc(C[C@@H](CN)CO)cc(OC)c1. The predicted octanol–water partition coefficient (Wildman–Crippen LogP) is 0.813. The van der Waals surface area contributed by atoms with Gasteiger partial charge in [-0.2, -0.15) is 0 Å². The third-order valence-corrected chi connectivity index (χ3v) is 2.53. The lowest BCUT2D eigenvalue weighted by Crippen LogP contribution is -2.20. The molecule has 0 bridgehead atoms. The first-order valence-electron chi connectivity index (χ1n) is 5.26. The number of ether oxygens (including phenoxy) is 2. The van der Waals surface area contributed by atoms with E-state index in [0.717, 1.165) is 23.5 Å². The molecule has 0 radical (unpaired) electrons. The molecule has 0 aliphatic heterocycles. The first kappa shape index (κ1) is 12.8. The highest BCUT2D eigenvalue weighted by Crippen LogP contribution is 2.23. The van der Waals surface area contributed by atoms with Crippen molar-refractivity contribution in [3.05, 3.63) is 23.8 Å². The molecule has 0 fully saturated rings. The van der Waals surface area contributed by atoms with Crippen LogP contribution in [0, 0.1) is 5.92 Å². The van der Waals surface area contributed by atoms with Gasteiger partial charge in [0.25, 0.3) is 0 Å². The van der Waals surface area contributed by atoms with Gasteiger partial charge in [-0.3, -0.25) is 0 Å². The van der Waals surface area contributed by atoms with E-state index in [9.17, 15) is 0 Å². The fourth-order valence-electron chi connectivity index (χ4n) is 1.54. The van der Waals surface area contributed by atoms with Crippen LogP contribution in [0.4, 0.5) is 0 Å². The maximum atomic E-state index is 9.10. The molecule has 4 heteroatoms. The molecule has 0 unspecified atom stereocenters. The standard InChI is InChI=1S/C12H19NO3/c1-15-11-4-9(3-10(7-13)8-14)5-12(6-11)16-2/h4-6,10,14H,3,7-8,13H2,1-2H3/t10-/m0/s1. The van der Waals surface area contributed by atoms with Crippen molar-refractivity contribution in [2.75, 3.05) is 27.4 Å². The minimum atomic E-state index is 0.0804. The molecule has 0 saturated heterocycles. The van der Waals surface area contributed by atoms with Crippen molar-refractivity contribution in [2.45, 2.75) is 6.42 Å². The van der Waals surface area contributed by atoms with E-state index in [2.05, 4.69) is 0 Å². The molecule has 1 aromatic rings. The molecule has 90 valence electrons. The zero-order chi connectivity index (χ0) is 12.0. The number of aliphatic hydroxyl groups is 1. The number of nitrogens with two attached hydrogens (primary N) is 1. The second kappa shape index (κ2) is 6.35. The highest BCUT2D eigenvalue weighted by Gasteiger charge is 2.08. The maximum absolute atomic E-state index is 9.10. The summed E-state index contributed by atoms with van der Waals surface area (Å²) < 4.78 is 10.3. The number of hydrogen-bond acceptors (Lipinski definition) is 4. The lowest BCUT2D eigenvalue weighted by molar-refractivity contribution is 0.229. The van der Waals surface area contributed by atoms with Crippen molar-refractivity contribution >= 4 is 0 Å². The van der Waals surface area contributed by atoms with Crippen LogP contribution in [-0.4, -0.2) is 32.5 Å². The van der Waals surface area contributed by atoms with E-state index < -0.39 is 0 Å². The largest absolute Gasteiger partial charge is 0.497 e. The molecule has 1 aromatic carbocycles. The van der Waals surface area contributed by atoms with Crippen LogP contribution in [0.2, 0.25) is 0 Å². The Bertz CT molecular complexity index is 302. The Morgan fingerprint density at radius 3 is 2.12 bits per heavy atom. The van der Waals surface area contributed by atoms with Crippen LogP contribution in [0.15, 0.2) is 18.2 Å². The molecule has 0 amide bonds. The van der Waals surface area contributed by atoms with Gasteiger partial charge in [0.15, 0.2) is 0 Å². The van der Waals surface area contributed by atoms with Crippen LogP contribution in [0.5, 0.6) is 11.5 Å². The van der Waals surface area contributed by atoms with Gasteiger partial charge in [0.05, 0.1) is 14.2 Å². The molecule has 0 saturated carbocycles. The summed E-state index contributed by atoms with van der Waals surface area (Å²) >= 11 is 0. The fourth-order valence-corrected chi connectivity index (χ4v) is 1.54. The van der Waals surface area contributed by atoms with Gasteiger partial charge in [0.2, 0.25) is 0 Å². The van der Waals surface area contributed by atoms with Crippen LogP contribution >= 0.6 is 0 Å². The Kier molecular flexibility index (Phi) is 5.08. The summed E-state index contributed by atoms with van der Waals surface area (Å²) in [5.41, 5.74) is 6.61. The summed E-state index contributed by atoms with van der Waals surface area (Å²) in [4.78, 5) is 0. The zero-order valence-corrected chi connectivity index (χ0v) is 9.77. The van der Waals surface area contributed by atoms with Crippen molar-refractivity contribution in [1.82, 2.24) is 0 Å². The fraction of sp³-hybridized carbons (Fsp3) is 0.500. The average molecular weight is 225 g/mol. The van der Waals surface area contributed by atoms with E-state index in [4.69, 9.17) is 20.3 Å². The summed E-state index contributed by atoms with van der Waals surface area (Å²) in [6.07, 6.45) is 0.723. The van der Waals surface area contributed by atoms with E-state index >= 15 is 0 Å². The molecule has 3 N–H and O–H groups in total. The lowest BCUT2D eigenvalue weighted by atomic mass is 10.00. The highest BCUT2D eigenvalue weighted by molar-refractivity contribution is 5.38. The molecular weight excluding hydrogens is 206 g/mol. The van der Waals surface area contributed by atoms with Crippen LogP contribution < -0.4 is 15.2 Å². The first-order chi connectivity index (χ1) is 7.73. The van der Waals surface area contributed by atoms with Gasteiger partial charge >= 0.3 is 0 Å². The molecule has 0 aliphatic carbocycles. The van der Waals surface area contributed by atoms with Crippen molar-refractivity contribution in [3.63, 3.8) is 0 Å². The van der Waals surface area contributed by atoms with E-state index in [-0.39, 0.29) is 12.5 Å². The second-order valence-corrected chi connectivity index (χ2v) is 3.71. The van der Waals surface area contributed by atoms with E-state index in [1.165, 1.54) is 0 Å². The molecule has 1 rings (SSSR count). The summed E-state index contributed by atoms with van der Waals surface area (Å²) in [6, 6.07) is 5.68. The number of aliphatic hydroxyl groups excluding tert-OH is 1. The monoisotopic (exact) mass is 225 g/mol. The normalized spacial score (nSPS) is 12.2. The number of hydrogen-bond donors (Lipinski definition) is 2. The van der Waals surface area contributed by atoms with Gasteiger partial charge < -0.3 is 20.3 Å². The van der Waals surface area contributed by atoms with Gasteiger partial charge in [-0.05, 0) is 36.6 Å². The van der Waals surface area contributed by atoms with E-state index in [0.29, 0.717) is 6.54 Å². The molecular formula is C12H19NO3. The van der Waals surface area contributed by atoms with Gasteiger partial charge in [0.1, 0.15) is 11.5 Å². The molecule has 4 nitrogen and oxygen atoms in total. The molecule has 0 heterocycles. The van der Waals surface area contributed by atoms with Crippen molar-refractivity contribution in [2.24, 2.45) is 11.7 Å². The number of benzene rings is 1. The molecule has 0 aromatic heterocycles. The van der Waals surface area contributed by atoms with E-state index in [1.54, 1.807) is 14.2 Å². The summed E-state index contributed by atoms with van der Waals surface area (Å²) in [5.74, 6) is 1.59. The van der Waals surface area contributed by atoms with Crippen molar-refractivity contribution in [1.29, 1.82) is 0 Å². The molecule has 0 aliphatic rings. The Balaban J connectivity index is 2.85. The predicted molar refractivity (Wildman–Crippen MR) is 62.9 cm³/mol. The quantitative estimate of drug-likeness (QED) is 0.752. The maximum Gasteiger partial charge on any atom is 0.122 e. The van der Waals surface area contributed by atoms with Gasteiger partial charge in [-0.25, -0.2) is 0 Å². The minimum Gasteiger partial charge on any atom is -0.497 e. The molecule has 0 spiro atoms. The Hall–Kier alpha value is -1.26. The average Bonchev–Trinajstić information content (AvgIpc) is 2.35. The number of methoxy groups -OCH3 is 2. The third kappa shape index (κ3) is 3.40. The van der Waals surface area contributed by atoms with Gasteiger partial charge in [-0.15, -0.1) is 0 Å². The summed E-state index contributed by atoms with van der Waals surface area (Å²) in [5, 5.41) is 9.10. The first-order valence-corrected chi connectivity index (χ1v) is 5.26. The highest BCUT2D eigenvalue weighted by atomic mass is 16.5. The van der Waals surface area contributed by atoms with Crippen molar-refractivity contribution in [3.8, 4) is 11.5 Å². The van der Waals surface area contributed by atoms with Crippen LogP contribution in [0.3, 0.4) is 0 Å². The Labute approximate surface area is 96.0 Å². The van der Waals surface area contributed by atoms with Crippen LogP contribution in [0.25, 0.3) is 0 Å². The number of rotatable bonds is 6. The summed E-state index contributed by atoms with van der Waals surface area (Å²) in [6.45, 7) is 0.562. The molecule has 1 atom stereocenters. The Morgan fingerprint density at radius 1 is 1.19 bits per heavy atom.